The summed E-state index contributed by atoms with van der Waals surface area (Å²) < 4.78 is 12.4. The van der Waals surface area contributed by atoms with Gasteiger partial charge in [0.1, 0.15) is 5.69 Å². The highest BCUT2D eigenvalue weighted by atomic mass is 16.7. The van der Waals surface area contributed by atoms with Crippen LogP contribution in [0.25, 0.3) is 22.0 Å². The van der Waals surface area contributed by atoms with Crippen LogP contribution in [-0.4, -0.2) is 22.4 Å². The highest BCUT2D eigenvalue weighted by Crippen LogP contribution is 2.36. The number of fused-ring (bicyclic) bond motifs is 2. The van der Waals surface area contributed by atoms with Crippen molar-refractivity contribution in [3.05, 3.63) is 48.2 Å². The van der Waals surface area contributed by atoms with E-state index in [0.717, 1.165) is 33.5 Å². The minimum absolute atomic E-state index is 0.248. The molecule has 0 atom stereocenters. The van der Waals surface area contributed by atoms with Crippen LogP contribution in [0.5, 0.6) is 11.5 Å². The van der Waals surface area contributed by atoms with E-state index in [-0.39, 0.29) is 12.5 Å². The van der Waals surface area contributed by atoms with Gasteiger partial charge in [0, 0.05) is 18.0 Å². The summed E-state index contributed by atoms with van der Waals surface area (Å²) in [5.41, 5.74) is 3.17. The molecule has 4 rings (SSSR count). The van der Waals surface area contributed by atoms with Gasteiger partial charge in [-0.2, -0.15) is 0 Å². The first-order valence-electron chi connectivity index (χ1n) is 6.86. The van der Waals surface area contributed by atoms with Crippen LogP contribution in [0.3, 0.4) is 0 Å². The summed E-state index contributed by atoms with van der Waals surface area (Å²) in [6, 6.07) is 13.4. The number of aryl methyl sites for hydroxylation is 1. The lowest BCUT2D eigenvalue weighted by molar-refractivity contribution is 0.0687. The Hall–Kier alpha value is -2.95. The van der Waals surface area contributed by atoms with E-state index in [2.05, 4.69) is 0 Å². The average Bonchev–Trinajstić information content (AvgIpc) is 3.11. The van der Waals surface area contributed by atoms with E-state index < -0.39 is 5.97 Å². The van der Waals surface area contributed by atoms with Crippen molar-refractivity contribution in [2.24, 2.45) is 7.05 Å². The number of carboxylic acids is 1. The van der Waals surface area contributed by atoms with E-state index in [4.69, 9.17) is 9.47 Å². The third-order valence-electron chi connectivity index (χ3n) is 3.97. The maximum Gasteiger partial charge on any atom is 0.352 e. The van der Waals surface area contributed by atoms with Crippen molar-refractivity contribution in [2.75, 3.05) is 6.79 Å². The van der Waals surface area contributed by atoms with Crippen molar-refractivity contribution in [3.63, 3.8) is 0 Å². The second-order valence-corrected chi connectivity index (χ2v) is 5.24. The topological polar surface area (TPSA) is 60.7 Å². The number of aromatic nitrogens is 1. The summed E-state index contributed by atoms with van der Waals surface area (Å²) in [5.74, 6) is 0.552. The van der Waals surface area contributed by atoms with Crippen LogP contribution in [0.4, 0.5) is 0 Å². The van der Waals surface area contributed by atoms with Crippen LogP contribution in [0.2, 0.25) is 0 Å². The maximum absolute atomic E-state index is 11.2. The molecular weight excluding hydrogens is 282 g/mol. The summed E-state index contributed by atoms with van der Waals surface area (Å²) in [7, 11) is 1.76. The van der Waals surface area contributed by atoms with Crippen molar-refractivity contribution in [2.45, 2.75) is 0 Å². The lowest BCUT2D eigenvalue weighted by atomic mass is 10.0. The first-order chi connectivity index (χ1) is 10.6. The number of carbonyl (C=O) groups is 1. The van der Waals surface area contributed by atoms with E-state index in [1.807, 2.05) is 36.4 Å². The van der Waals surface area contributed by atoms with Crippen molar-refractivity contribution in [3.8, 4) is 22.6 Å². The largest absolute Gasteiger partial charge is 0.477 e. The zero-order chi connectivity index (χ0) is 15.3. The van der Waals surface area contributed by atoms with E-state index in [9.17, 15) is 9.90 Å². The molecular formula is C17H13NO4. The fourth-order valence-electron chi connectivity index (χ4n) is 2.79. The highest BCUT2D eigenvalue weighted by Gasteiger charge is 2.15. The summed E-state index contributed by atoms with van der Waals surface area (Å²) in [5, 5.41) is 10.1. The van der Waals surface area contributed by atoms with E-state index in [1.54, 1.807) is 17.7 Å². The minimum atomic E-state index is -0.927. The van der Waals surface area contributed by atoms with Gasteiger partial charge in [0.15, 0.2) is 11.5 Å². The van der Waals surface area contributed by atoms with Crippen molar-refractivity contribution in [1.82, 2.24) is 4.57 Å². The smallest absolute Gasteiger partial charge is 0.352 e. The highest BCUT2D eigenvalue weighted by molar-refractivity contribution is 5.96. The number of hydrogen-bond acceptors (Lipinski definition) is 3. The molecule has 1 aliphatic rings. The summed E-state index contributed by atoms with van der Waals surface area (Å²) >= 11 is 0. The van der Waals surface area contributed by atoms with Gasteiger partial charge < -0.3 is 19.1 Å². The monoisotopic (exact) mass is 295 g/mol. The Morgan fingerprint density at radius 2 is 1.77 bits per heavy atom. The van der Waals surface area contributed by atoms with Gasteiger partial charge in [-0.25, -0.2) is 4.79 Å². The van der Waals surface area contributed by atoms with Crippen LogP contribution < -0.4 is 9.47 Å². The van der Waals surface area contributed by atoms with E-state index >= 15 is 0 Å². The lowest BCUT2D eigenvalue weighted by Gasteiger charge is -2.05. The molecule has 0 spiro atoms. The number of benzene rings is 2. The molecule has 0 saturated carbocycles. The van der Waals surface area contributed by atoms with Gasteiger partial charge in [-0.15, -0.1) is 0 Å². The van der Waals surface area contributed by atoms with Crippen LogP contribution in [0.1, 0.15) is 10.5 Å². The molecule has 22 heavy (non-hydrogen) atoms. The number of nitrogens with zero attached hydrogens (tertiary/aromatic N) is 1. The standard InChI is InChI=1S/C17H13NO4/c1-18-13-6-10(2-3-12(13)7-14(18)17(19)20)11-4-5-15-16(8-11)22-9-21-15/h2-8H,9H2,1H3,(H,19,20). The zero-order valence-corrected chi connectivity index (χ0v) is 11.9. The molecule has 1 aliphatic heterocycles. The van der Waals surface area contributed by atoms with Gasteiger partial charge in [-0.1, -0.05) is 18.2 Å². The molecule has 0 amide bonds. The quantitative estimate of drug-likeness (QED) is 0.788. The molecule has 5 nitrogen and oxygen atoms in total. The Morgan fingerprint density at radius 3 is 2.59 bits per heavy atom. The van der Waals surface area contributed by atoms with Gasteiger partial charge in [0.2, 0.25) is 6.79 Å². The Morgan fingerprint density at radius 1 is 1.05 bits per heavy atom. The number of ether oxygens (including phenoxy) is 2. The summed E-state index contributed by atoms with van der Waals surface area (Å²) in [6.45, 7) is 0.248. The van der Waals surface area contributed by atoms with Crippen molar-refractivity contribution < 1.29 is 19.4 Å². The molecule has 2 heterocycles. The molecule has 1 N–H and O–H groups in total. The Bertz CT molecular complexity index is 910. The normalized spacial score (nSPS) is 12.8. The van der Waals surface area contributed by atoms with E-state index in [0.29, 0.717) is 0 Å². The van der Waals surface area contributed by atoms with Gasteiger partial charge in [0.25, 0.3) is 0 Å². The molecule has 3 aromatic rings. The maximum atomic E-state index is 11.2. The molecule has 0 saturated heterocycles. The molecule has 0 radical (unpaired) electrons. The molecule has 0 fully saturated rings. The van der Waals surface area contributed by atoms with E-state index in [1.165, 1.54) is 0 Å². The first-order valence-corrected chi connectivity index (χ1v) is 6.86. The van der Waals surface area contributed by atoms with Gasteiger partial charge in [-0.3, -0.25) is 0 Å². The summed E-state index contributed by atoms with van der Waals surface area (Å²) in [4.78, 5) is 11.2. The van der Waals surface area contributed by atoms with Gasteiger partial charge >= 0.3 is 5.97 Å². The zero-order valence-electron chi connectivity index (χ0n) is 11.9. The fraction of sp³-hybridized carbons (Fsp3) is 0.118. The predicted molar refractivity (Wildman–Crippen MR) is 81.4 cm³/mol. The molecule has 1 aromatic heterocycles. The van der Waals surface area contributed by atoms with Gasteiger partial charge in [0.05, 0.1) is 0 Å². The van der Waals surface area contributed by atoms with Crippen LogP contribution in [0.15, 0.2) is 42.5 Å². The van der Waals surface area contributed by atoms with Gasteiger partial charge in [-0.05, 0) is 35.4 Å². The molecule has 5 heteroatoms. The SMILES string of the molecule is Cn1c(C(=O)O)cc2ccc(-c3ccc4c(c3)OCO4)cc21. The minimum Gasteiger partial charge on any atom is -0.477 e. The molecule has 0 aliphatic carbocycles. The molecule has 0 unspecified atom stereocenters. The Balaban J connectivity index is 1.85. The lowest BCUT2D eigenvalue weighted by Crippen LogP contribution is -2.03. The van der Waals surface area contributed by atoms with Crippen LogP contribution >= 0.6 is 0 Å². The van der Waals surface area contributed by atoms with Crippen molar-refractivity contribution >= 4 is 16.9 Å². The van der Waals surface area contributed by atoms with Crippen molar-refractivity contribution in [1.29, 1.82) is 0 Å². The molecule has 0 bridgehead atoms. The number of carboxylic acid groups (broad SMARTS) is 1. The fourth-order valence-corrected chi connectivity index (χ4v) is 2.79. The molecule has 110 valence electrons. The Labute approximate surface area is 126 Å². The second-order valence-electron chi connectivity index (χ2n) is 5.24. The first kappa shape index (κ1) is 12.8. The number of rotatable bonds is 2. The number of aromatic carboxylic acids is 1. The second kappa shape index (κ2) is 4.53. The molecule has 2 aromatic carbocycles. The third-order valence-corrected chi connectivity index (χ3v) is 3.97. The van der Waals surface area contributed by atoms with Crippen LogP contribution in [0, 0.1) is 0 Å². The average molecular weight is 295 g/mol. The summed E-state index contributed by atoms with van der Waals surface area (Å²) in [6.07, 6.45) is 0. The van der Waals surface area contributed by atoms with Crippen LogP contribution in [-0.2, 0) is 7.05 Å². The predicted octanol–water partition coefficient (Wildman–Crippen LogP) is 3.27. The Kier molecular flexibility index (Phi) is 2.63. The number of hydrogen-bond donors (Lipinski definition) is 1. The third kappa shape index (κ3) is 1.83.